The van der Waals surface area contributed by atoms with E-state index in [2.05, 4.69) is 9.88 Å². The Kier molecular flexibility index (Phi) is 6.58. The summed E-state index contributed by atoms with van der Waals surface area (Å²) >= 11 is 0. The van der Waals surface area contributed by atoms with Crippen molar-refractivity contribution >= 4 is 17.3 Å². The highest BCUT2D eigenvalue weighted by Gasteiger charge is 2.44. The molecule has 1 aliphatic heterocycles. The SMILES string of the molecule is Nc1ccnc(CN2c3ccccc3CN(C(=O)C(F)(F)F)CC2CCC2CCCC2)c1. The van der Waals surface area contributed by atoms with Gasteiger partial charge in [0.15, 0.2) is 0 Å². The normalized spacial score (nSPS) is 19.7. The molecule has 32 heavy (non-hydrogen) atoms. The zero-order chi connectivity index (χ0) is 22.7. The maximum atomic E-state index is 13.4. The molecule has 1 atom stereocenters. The lowest BCUT2D eigenvalue weighted by molar-refractivity contribution is -0.186. The largest absolute Gasteiger partial charge is 0.471 e. The van der Waals surface area contributed by atoms with Gasteiger partial charge in [-0.2, -0.15) is 13.2 Å². The van der Waals surface area contributed by atoms with E-state index in [9.17, 15) is 18.0 Å². The van der Waals surface area contributed by atoms with E-state index in [1.807, 2.05) is 12.1 Å². The van der Waals surface area contributed by atoms with E-state index in [1.165, 1.54) is 25.7 Å². The zero-order valence-electron chi connectivity index (χ0n) is 18.0. The molecular weight excluding hydrogens is 417 g/mol. The van der Waals surface area contributed by atoms with Crippen LogP contribution in [0.25, 0.3) is 0 Å². The topological polar surface area (TPSA) is 62.5 Å². The minimum absolute atomic E-state index is 0.0298. The van der Waals surface area contributed by atoms with Crippen LogP contribution < -0.4 is 10.6 Å². The van der Waals surface area contributed by atoms with Gasteiger partial charge in [0.25, 0.3) is 0 Å². The van der Waals surface area contributed by atoms with Gasteiger partial charge in [-0.25, -0.2) is 0 Å². The number of para-hydroxylation sites is 1. The van der Waals surface area contributed by atoms with Crippen molar-refractivity contribution in [1.82, 2.24) is 9.88 Å². The van der Waals surface area contributed by atoms with Crippen LogP contribution in [0.2, 0.25) is 0 Å². The number of nitrogens with two attached hydrogens (primary N) is 1. The summed E-state index contributed by atoms with van der Waals surface area (Å²) in [5, 5.41) is 0. The Labute approximate surface area is 186 Å². The Hall–Kier alpha value is -2.77. The van der Waals surface area contributed by atoms with Gasteiger partial charge in [-0.3, -0.25) is 9.78 Å². The highest BCUT2D eigenvalue weighted by molar-refractivity contribution is 5.82. The van der Waals surface area contributed by atoms with Crippen LogP contribution >= 0.6 is 0 Å². The van der Waals surface area contributed by atoms with Crippen molar-refractivity contribution in [3.63, 3.8) is 0 Å². The van der Waals surface area contributed by atoms with Gasteiger partial charge in [0.05, 0.1) is 12.2 Å². The highest BCUT2D eigenvalue weighted by Crippen LogP contribution is 2.35. The first kappa shape index (κ1) is 22.4. The van der Waals surface area contributed by atoms with Gasteiger partial charge < -0.3 is 15.5 Å². The fourth-order valence-corrected chi connectivity index (χ4v) is 5.02. The van der Waals surface area contributed by atoms with Crippen molar-refractivity contribution in [3.05, 3.63) is 53.9 Å². The van der Waals surface area contributed by atoms with E-state index >= 15 is 0 Å². The molecule has 0 saturated heterocycles. The molecule has 1 aliphatic carbocycles. The number of amides is 1. The molecule has 0 bridgehead atoms. The minimum atomic E-state index is -4.89. The monoisotopic (exact) mass is 446 g/mol. The third kappa shape index (κ3) is 5.16. The first-order valence-electron chi connectivity index (χ1n) is 11.2. The minimum Gasteiger partial charge on any atom is -0.399 e. The molecular formula is C24H29F3N4O. The number of carbonyl (C=O) groups is 1. The highest BCUT2D eigenvalue weighted by atomic mass is 19.4. The predicted octanol–water partition coefficient (Wildman–Crippen LogP) is 4.91. The second kappa shape index (κ2) is 9.38. The van der Waals surface area contributed by atoms with E-state index in [0.29, 0.717) is 23.7 Å². The number of aromatic nitrogens is 1. The molecule has 1 amide bonds. The average molecular weight is 447 g/mol. The molecule has 1 unspecified atom stereocenters. The zero-order valence-corrected chi connectivity index (χ0v) is 18.0. The van der Waals surface area contributed by atoms with Crippen LogP contribution in [-0.4, -0.2) is 34.6 Å². The van der Waals surface area contributed by atoms with Crippen LogP contribution in [-0.2, 0) is 17.9 Å². The predicted molar refractivity (Wildman–Crippen MR) is 118 cm³/mol. The second-order valence-electron chi connectivity index (χ2n) is 8.90. The van der Waals surface area contributed by atoms with Crippen LogP contribution in [0.15, 0.2) is 42.6 Å². The van der Waals surface area contributed by atoms with Crippen molar-refractivity contribution in [2.45, 2.75) is 63.8 Å². The van der Waals surface area contributed by atoms with Crippen LogP contribution in [0.4, 0.5) is 24.5 Å². The summed E-state index contributed by atoms with van der Waals surface area (Å²) in [6.45, 7) is 0.392. The third-order valence-corrected chi connectivity index (χ3v) is 6.62. The number of halogens is 3. The van der Waals surface area contributed by atoms with Crippen LogP contribution in [0.1, 0.15) is 49.8 Å². The molecule has 5 nitrogen and oxygen atoms in total. The molecule has 0 radical (unpaired) electrons. The summed E-state index contributed by atoms with van der Waals surface area (Å²) in [7, 11) is 0. The van der Waals surface area contributed by atoms with Gasteiger partial charge >= 0.3 is 12.1 Å². The molecule has 2 N–H and O–H groups in total. The lowest BCUT2D eigenvalue weighted by Crippen LogP contribution is -2.47. The van der Waals surface area contributed by atoms with Crippen molar-refractivity contribution in [1.29, 1.82) is 0 Å². The lowest BCUT2D eigenvalue weighted by Gasteiger charge is -2.35. The van der Waals surface area contributed by atoms with Crippen LogP contribution in [0.5, 0.6) is 0 Å². The molecule has 1 saturated carbocycles. The summed E-state index contributed by atoms with van der Waals surface area (Å²) in [6.07, 6.45) is 3.19. The van der Waals surface area contributed by atoms with Crippen molar-refractivity contribution in [2.75, 3.05) is 17.2 Å². The first-order chi connectivity index (χ1) is 15.3. The fourth-order valence-electron chi connectivity index (χ4n) is 5.02. The number of benzene rings is 1. The molecule has 0 spiro atoms. The molecule has 4 rings (SSSR count). The number of hydrogen-bond donors (Lipinski definition) is 1. The molecule has 172 valence electrons. The summed E-state index contributed by atoms with van der Waals surface area (Å²) in [6, 6.07) is 10.7. The standard InChI is InChI=1S/C24H29F3N4O/c25-24(26,27)23(32)30-14-18-7-3-4-8-22(18)31(15-20-13-19(28)11-12-29-20)21(16-30)10-9-17-5-1-2-6-17/h3-4,7-8,11-13,17,21H,1-2,5-6,9-10,14-16H2,(H2,28,29). The lowest BCUT2D eigenvalue weighted by atomic mass is 9.97. The Morgan fingerprint density at radius 1 is 1.12 bits per heavy atom. The first-order valence-corrected chi connectivity index (χ1v) is 11.2. The summed E-state index contributed by atoms with van der Waals surface area (Å²) in [5.41, 5.74) is 8.84. The van der Waals surface area contributed by atoms with E-state index in [4.69, 9.17) is 5.73 Å². The molecule has 2 aliphatic rings. The Bertz CT molecular complexity index is 943. The van der Waals surface area contributed by atoms with E-state index in [0.717, 1.165) is 29.1 Å². The van der Waals surface area contributed by atoms with Crippen molar-refractivity contribution < 1.29 is 18.0 Å². The number of hydrogen-bond acceptors (Lipinski definition) is 4. The molecule has 2 heterocycles. The number of rotatable bonds is 5. The number of nitrogens with zero attached hydrogens (tertiary/aromatic N) is 3. The third-order valence-electron chi connectivity index (χ3n) is 6.62. The quantitative estimate of drug-likeness (QED) is 0.709. The Morgan fingerprint density at radius 3 is 2.59 bits per heavy atom. The van der Waals surface area contributed by atoms with Gasteiger partial charge in [-0.15, -0.1) is 0 Å². The Balaban J connectivity index is 1.68. The van der Waals surface area contributed by atoms with Crippen LogP contribution in [0.3, 0.4) is 0 Å². The molecule has 1 aromatic carbocycles. The number of carbonyl (C=O) groups excluding carboxylic acids is 1. The maximum Gasteiger partial charge on any atom is 0.471 e. The van der Waals surface area contributed by atoms with E-state index in [-0.39, 0.29) is 19.1 Å². The molecule has 2 aromatic rings. The van der Waals surface area contributed by atoms with E-state index in [1.54, 1.807) is 30.5 Å². The number of alkyl halides is 3. The maximum absolute atomic E-state index is 13.4. The number of nitrogen functional groups attached to an aromatic ring is 1. The summed E-state index contributed by atoms with van der Waals surface area (Å²) in [5.74, 6) is -1.17. The smallest absolute Gasteiger partial charge is 0.399 e. The van der Waals surface area contributed by atoms with Gasteiger partial charge in [0.2, 0.25) is 0 Å². The Morgan fingerprint density at radius 2 is 1.88 bits per heavy atom. The van der Waals surface area contributed by atoms with Gasteiger partial charge in [0.1, 0.15) is 0 Å². The molecule has 1 aromatic heterocycles. The average Bonchev–Trinajstić information content (AvgIpc) is 3.22. The van der Waals surface area contributed by atoms with Gasteiger partial charge in [0, 0.05) is 36.7 Å². The number of anilines is 2. The second-order valence-corrected chi connectivity index (χ2v) is 8.90. The van der Waals surface area contributed by atoms with E-state index < -0.39 is 12.1 Å². The van der Waals surface area contributed by atoms with Gasteiger partial charge in [-0.1, -0.05) is 43.9 Å². The van der Waals surface area contributed by atoms with Crippen molar-refractivity contribution in [2.24, 2.45) is 5.92 Å². The summed E-state index contributed by atoms with van der Waals surface area (Å²) in [4.78, 5) is 19.8. The number of fused-ring (bicyclic) bond motifs is 1. The fraction of sp³-hybridized carbons (Fsp3) is 0.500. The molecule has 8 heteroatoms. The van der Waals surface area contributed by atoms with Crippen molar-refractivity contribution in [3.8, 4) is 0 Å². The van der Waals surface area contributed by atoms with Crippen LogP contribution in [0, 0.1) is 5.92 Å². The number of pyridine rings is 1. The molecule has 1 fully saturated rings. The van der Waals surface area contributed by atoms with Gasteiger partial charge in [-0.05, 0) is 42.5 Å². The summed E-state index contributed by atoms with van der Waals surface area (Å²) < 4.78 is 40.1.